The number of aryl methyl sites for hydroxylation is 2. The Balaban J connectivity index is 1.83. The van der Waals surface area contributed by atoms with Crippen LogP contribution in [0.2, 0.25) is 0 Å². The second kappa shape index (κ2) is 5.85. The smallest absolute Gasteiger partial charge is 0.0622 e. The number of hydrogen-bond donors (Lipinski definition) is 0. The Hall–Kier alpha value is -0.870. The summed E-state index contributed by atoms with van der Waals surface area (Å²) in [6.45, 7) is 9.00. The molecule has 4 nitrogen and oxygen atoms in total. The van der Waals surface area contributed by atoms with Crippen molar-refractivity contribution in [3.8, 4) is 0 Å². The van der Waals surface area contributed by atoms with Gasteiger partial charge in [-0.3, -0.25) is 4.68 Å². The molecule has 4 heteroatoms. The van der Waals surface area contributed by atoms with Crippen LogP contribution in [0.4, 0.5) is 0 Å². The van der Waals surface area contributed by atoms with Crippen molar-refractivity contribution in [1.82, 2.24) is 19.6 Å². The molecule has 0 aromatic carbocycles. The lowest BCUT2D eigenvalue weighted by Crippen LogP contribution is -2.38. The normalized spacial score (nSPS) is 18.7. The maximum absolute atomic E-state index is 4.62. The highest BCUT2D eigenvalue weighted by atomic mass is 15.3. The topological polar surface area (TPSA) is 24.3 Å². The fourth-order valence-electron chi connectivity index (χ4n) is 2.51. The van der Waals surface area contributed by atoms with E-state index >= 15 is 0 Å². The Labute approximate surface area is 111 Å². The minimum absolute atomic E-state index is 0.605. The van der Waals surface area contributed by atoms with Crippen LogP contribution in [0.1, 0.15) is 30.1 Å². The standard InChI is InChI=1S/C14H26N4/c1-12-11-18(15-13(12)2)14-5-7-17(8-6-14)10-9-16(3)4/h11,14H,5-10H2,1-4H3. The maximum atomic E-state index is 4.62. The van der Waals surface area contributed by atoms with Gasteiger partial charge in [-0.25, -0.2) is 0 Å². The molecule has 0 atom stereocenters. The minimum Gasteiger partial charge on any atom is -0.308 e. The van der Waals surface area contributed by atoms with E-state index in [1.807, 2.05) is 0 Å². The summed E-state index contributed by atoms with van der Waals surface area (Å²) in [7, 11) is 4.28. The molecule has 2 rings (SSSR count). The van der Waals surface area contributed by atoms with Gasteiger partial charge in [0.25, 0.3) is 0 Å². The number of nitrogens with zero attached hydrogens (tertiary/aromatic N) is 4. The molecule has 18 heavy (non-hydrogen) atoms. The van der Waals surface area contributed by atoms with E-state index in [0.29, 0.717) is 6.04 Å². The number of rotatable bonds is 4. The monoisotopic (exact) mass is 250 g/mol. The largest absolute Gasteiger partial charge is 0.308 e. The van der Waals surface area contributed by atoms with Gasteiger partial charge in [-0.15, -0.1) is 0 Å². The molecule has 0 amide bonds. The summed E-state index contributed by atoms with van der Waals surface area (Å²) in [6, 6.07) is 0.605. The lowest BCUT2D eigenvalue weighted by atomic mass is 10.1. The Bertz CT molecular complexity index is 356. The third-order valence-corrected chi connectivity index (χ3v) is 3.96. The molecule has 0 aliphatic carbocycles. The highest BCUT2D eigenvalue weighted by Gasteiger charge is 2.21. The fraction of sp³-hybridized carbons (Fsp3) is 0.786. The summed E-state index contributed by atoms with van der Waals surface area (Å²) < 4.78 is 2.19. The van der Waals surface area contributed by atoms with Gasteiger partial charge in [-0.2, -0.15) is 5.10 Å². The average Bonchev–Trinajstić information content (AvgIpc) is 2.68. The second-order valence-corrected chi connectivity index (χ2v) is 5.75. The van der Waals surface area contributed by atoms with E-state index in [-0.39, 0.29) is 0 Å². The third kappa shape index (κ3) is 3.33. The van der Waals surface area contributed by atoms with Crippen LogP contribution in [0, 0.1) is 13.8 Å². The second-order valence-electron chi connectivity index (χ2n) is 5.75. The molecule has 0 spiro atoms. The van der Waals surface area contributed by atoms with Crippen molar-refractivity contribution in [2.45, 2.75) is 32.7 Å². The molecule has 1 saturated heterocycles. The van der Waals surface area contributed by atoms with Crippen LogP contribution in [0.3, 0.4) is 0 Å². The Morgan fingerprint density at radius 2 is 1.94 bits per heavy atom. The maximum Gasteiger partial charge on any atom is 0.0622 e. The predicted molar refractivity (Wildman–Crippen MR) is 75.0 cm³/mol. The van der Waals surface area contributed by atoms with Gasteiger partial charge in [0.2, 0.25) is 0 Å². The first-order valence-electron chi connectivity index (χ1n) is 6.95. The molecule has 0 N–H and O–H groups in total. The van der Waals surface area contributed by atoms with E-state index in [0.717, 1.165) is 6.54 Å². The van der Waals surface area contributed by atoms with Crippen LogP contribution < -0.4 is 0 Å². The van der Waals surface area contributed by atoms with Crippen molar-refractivity contribution >= 4 is 0 Å². The zero-order valence-corrected chi connectivity index (χ0v) is 12.2. The van der Waals surface area contributed by atoms with Crippen molar-refractivity contribution in [1.29, 1.82) is 0 Å². The SMILES string of the molecule is Cc1cn(C2CCN(CCN(C)C)CC2)nc1C. The molecule has 2 heterocycles. The summed E-state index contributed by atoms with van der Waals surface area (Å²) in [5.74, 6) is 0. The van der Waals surface area contributed by atoms with Crippen LogP contribution in [0.25, 0.3) is 0 Å². The lowest BCUT2D eigenvalue weighted by molar-refractivity contribution is 0.167. The highest BCUT2D eigenvalue weighted by Crippen LogP contribution is 2.22. The first kappa shape index (κ1) is 13.6. The molecule has 1 aliphatic heterocycles. The van der Waals surface area contributed by atoms with Crippen molar-refractivity contribution in [3.05, 3.63) is 17.5 Å². The average molecular weight is 250 g/mol. The summed E-state index contributed by atoms with van der Waals surface area (Å²) in [6.07, 6.45) is 4.66. The first-order valence-corrected chi connectivity index (χ1v) is 6.95. The quantitative estimate of drug-likeness (QED) is 0.813. The van der Waals surface area contributed by atoms with Crippen molar-refractivity contribution in [3.63, 3.8) is 0 Å². The summed E-state index contributed by atoms with van der Waals surface area (Å²) >= 11 is 0. The predicted octanol–water partition coefficient (Wildman–Crippen LogP) is 1.70. The highest BCUT2D eigenvalue weighted by molar-refractivity contribution is 5.12. The molecule has 102 valence electrons. The summed E-state index contributed by atoms with van der Waals surface area (Å²) in [5.41, 5.74) is 2.48. The van der Waals surface area contributed by atoms with E-state index in [9.17, 15) is 0 Å². The van der Waals surface area contributed by atoms with Gasteiger partial charge in [0.15, 0.2) is 0 Å². The van der Waals surface area contributed by atoms with E-state index in [1.54, 1.807) is 0 Å². The molecular formula is C14H26N4. The fourth-order valence-corrected chi connectivity index (χ4v) is 2.51. The number of likely N-dealkylation sites (N-methyl/N-ethyl adjacent to an activating group) is 1. The number of hydrogen-bond acceptors (Lipinski definition) is 3. The molecule has 1 aromatic rings. The number of aromatic nitrogens is 2. The minimum atomic E-state index is 0.605. The van der Waals surface area contributed by atoms with Gasteiger partial charge in [-0.05, 0) is 46.3 Å². The van der Waals surface area contributed by atoms with E-state index in [2.05, 4.69) is 53.7 Å². The lowest BCUT2D eigenvalue weighted by Gasteiger charge is -2.32. The molecule has 0 radical (unpaired) electrons. The molecular weight excluding hydrogens is 224 g/mol. The Kier molecular flexibility index (Phi) is 4.40. The zero-order valence-electron chi connectivity index (χ0n) is 12.2. The van der Waals surface area contributed by atoms with Gasteiger partial charge in [0.1, 0.15) is 0 Å². The number of piperidine rings is 1. The molecule has 1 fully saturated rings. The van der Waals surface area contributed by atoms with Crippen LogP contribution in [0.15, 0.2) is 6.20 Å². The molecule has 0 bridgehead atoms. The number of likely N-dealkylation sites (tertiary alicyclic amines) is 1. The van der Waals surface area contributed by atoms with E-state index < -0.39 is 0 Å². The zero-order chi connectivity index (χ0) is 13.1. The molecule has 1 aliphatic rings. The van der Waals surface area contributed by atoms with Crippen LogP contribution in [-0.2, 0) is 0 Å². The Morgan fingerprint density at radius 1 is 1.28 bits per heavy atom. The van der Waals surface area contributed by atoms with Crippen molar-refractivity contribution in [2.24, 2.45) is 0 Å². The summed E-state index contributed by atoms with van der Waals surface area (Å²) in [4.78, 5) is 4.83. The van der Waals surface area contributed by atoms with Crippen LogP contribution in [0.5, 0.6) is 0 Å². The van der Waals surface area contributed by atoms with Crippen LogP contribution in [-0.4, -0.2) is 59.9 Å². The van der Waals surface area contributed by atoms with E-state index in [4.69, 9.17) is 0 Å². The molecule has 1 aromatic heterocycles. The van der Waals surface area contributed by atoms with Gasteiger partial charge in [0.05, 0.1) is 11.7 Å². The van der Waals surface area contributed by atoms with Gasteiger partial charge in [0, 0.05) is 32.4 Å². The first-order chi connectivity index (χ1) is 8.56. The van der Waals surface area contributed by atoms with Gasteiger partial charge in [-0.1, -0.05) is 0 Å². The van der Waals surface area contributed by atoms with E-state index in [1.165, 1.54) is 43.7 Å². The molecule has 0 saturated carbocycles. The van der Waals surface area contributed by atoms with Crippen molar-refractivity contribution in [2.75, 3.05) is 40.3 Å². The van der Waals surface area contributed by atoms with Gasteiger partial charge >= 0.3 is 0 Å². The van der Waals surface area contributed by atoms with Crippen LogP contribution >= 0.6 is 0 Å². The molecule has 0 unspecified atom stereocenters. The Morgan fingerprint density at radius 3 is 2.44 bits per heavy atom. The summed E-state index contributed by atoms with van der Waals surface area (Å²) in [5, 5.41) is 4.62. The van der Waals surface area contributed by atoms with Crippen molar-refractivity contribution < 1.29 is 0 Å². The third-order valence-electron chi connectivity index (χ3n) is 3.96. The van der Waals surface area contributed by atoms with Gasteiger partial charge < -0.3 is 9.80 Å².